The first kappa shape index (κ1) is 13.8. The van der Waals surface area contributed by atoms with Crippen LogP contribution in [0.4, 0.5) is 0 Å². The third kappa shape index (κ3) is 3.65. The van der Waals surface area contributed by atoms with Gasteiger partial charge < -0.3 is 10.6 Å². The second kappa shape index (κ2) is 5.39. The number of nitrogens with two attached hydrogens (primary N) is 1. The van der Waals surface area contributed by atoms with Crippen molar-refractivity contribution in [1.29, 1.82) is 0 Å². The highest BCUT2D eigenvalue weighted by molar-refractivity contribution is 7.92. The zero-order valence-corrected chi connectivity index (χ0v) is 11.4. The van der Waals surface area contributed by atoms with Gasteiger partial charge in [0.05, 0.1) is 4.99 Å². The first-order valence-corrected chi connectivity index (χ1v) is 7.27. The van der Waals surface area contributed by atoms with Crippen molar-refractivity contribution in [2.45, 2.75) is 18.9 Å². The topological polar surface area (TPSA) is 66.6 Å². The summed E-state index contributed by atoms with van der Waals surface area (Å²) in [4.78, 5) is 2.04. The number of hydrogen-bond acceptors (Lipinski definition) is 4. The third-order valence-electron chi connectivity index (χ3n) is 2.58. The molecule has 0 radical (unpaired) electrons. The van der Waals surface area contributed by atoms with E-state index in [0.717, 1.165) is 19.4 Å². The molecule has 0 saturated carbocycles. The molecule has 1 fully saturated rings. The molecule has 0 aromatic carbocycles. The van der Waals surface area contributed by atoms with Crippen molar-refractivity contribution in [3.63, 3.8) is 0 Å². The molecule has 0 amide bonds. The van der Waals surface area contributed by atoms with E-state index in [1.54, 1.807) is 4.31 Å². The van der Waals surface area contributed by atoms with Gasteiger partial charge in [-0.2, -0.15) is 4.31 Å². The highest BCUT2D eigenvalue weighted by Gasteiger charge is 2.34. The molecule has 1 atom stereocenters. The average molecular weight is 265 g/mol. The summed E-state index contributed by atoms with van der Waals surface area (Å²) >= 11 is 4.67. The Morgan fingerprint density at radius 2 is 2.19 bits per heavy atom. The highest BCUT2D eigenvalue weighted by atomic mass is 32.2. The van der Waals surface area contributed by atoms with Gasteiger partial charge in [0.1, 0.15) is 5.75 Å². The van der Waals surface area contributed by atoms with Crippen molar-refractivity contribution in [3.8, 4) is 0 Å². The lowest BCUT2D eigenvalue weighted by atomic mass is 10.2. The molecular formula is C9H19N3O2S2. The summed E-state index contributed by atoms with van der Waals surface area (Å²) in [5.74, 6) is -0.216. The molecule has 94 valence electrons. The SMILES string of the molecule is CN(C)CC1CCCN1S(=O)(=O)CC(N)=S. The maximum atomic E-state index is 12.0. The second-order valence-electron chi connectivity index (χ2n) is 4.39. The Labute approximate surface area is 103 Å². The lowest BCUT2D eigenvalue weighted by Crippen LogP contribution is -2.44. The molecule has 2 N–H and O–H groups in total. The van der Waals surface area contributed by atoms with Gasteiger partial charge in [-0.15, -0.1) is 0 Å². The van der Waals surface area contributed by atoms with E-state index in [2.05, 4.69) is 12.2 Å². The second-order valence-corrected chi connectivity index (χ2v) is 6.84. The van der Waals surface area contributed by atoms with Crippen molar-refractivity contribution >= 4 is 27.2 Å². The van der Waals surface area contributed by atoms with Crippen molar-refractivity contribution in [3.05, 3.63) is 0 Å². The van der Waals surface area contributed by atoms with Gasteiger partial charge in [-0.3, -0.25) is 0 Å². The first-order valence-electron chi connectivity index (χ1n) is 5.25. The molecular weight excluding hydrogens is 246 g/mol. The van der Waals surface area contributed by atoms with E-state index in [9.17, 15) is 8.42 Å². The molecule has 1 unspecified atom stereocenters. The van der Waals surface area contributed by atoms with Crippen LogP contribution in [0.3, 0.4) is 0 Å². The normalized spacial score (nSPS) is 22.8. The van der Waals surface area contributed by atoms with Crippen molar-refractivity contribution in [2.24, 2.45) is 5.73 Å². The first-order chi connectivity index (χ1) is 7.33. The summed E-state index contributed by atoms with van der Waals surface area (Å²) in [5.41, 5.74) is 5.31. The number of thiocarbonyl (C=S) groups is 1. The maximum Gasteiger partial charge on any atom is 0.220 e. The van der Waals surface area contributed by atoms with Gasteiger partial charge in [-0.25, -0.2) is 8.42 Å². The Morgan fingerprint density at radius 1 is 1.56 bits per heavy atom. The molecule has 1 saturated heterocycles. The van der Waals surface area contributed by atoms with Gasteiger partial charge in [0.25, 0.3) is 0 Å². The Balaban J connectivity index is 2.74. The largest absolute Gasteiger partial charge is 0.392 e. The van der Waals surface area contributed by atoms with Crippen LogP contribution in [0, 0.1) is 0 Å². The van der Waals surface area contributed by atoms with E-state index in [0.29, 0.717) is 6.54 Å². The molecule has 0 aliphatic carbocycles. The standard InChI is InChI=1S/C9H19N3O2S2/c1-11(2)6-8-4-3-5-12(8)16(13,14)7-9(10)15/h8H,3-7H2,1-2H3,(H2,10,15). The summed E-state index contributed by atoms with van der Waals surface area (Å²) in [6.45, 7) is 1.33. The highest BCUT2D eigenvalue weighted by Crippen LogP contribution is 2.21. The van der Waals surface area contributed by atoms with Crippen LogP contribution in [0.5, 0.6) is 0 Å². The van der Waals surface area contributed by atoms with Gasteiger partial charge in [-0.1, -0.05) is 12.2 Å². The minimum Gasteiger partial charge on any atom is -0.392 e. The van der Waals surface area contributed by atoms with Crippen LogP contribution >= 0.6 is 12.2 Å². The molecule has 1 aliphatic rings. The fourth-order valence-electron chi connectivity index (χ4n) is 2.04. The monoisotopic (exact) mass is 265 g/mol. The predicted octanol–water partition coefficient (Wildman–Crippen LogP) is -0.372. The van der Waals surface area contributed by atoms with E-state index in [1.807, 2.05) is 19.0 Å². The third-order valence-corrected chi connectivity index (χ3v) is 4.78. The molecule has 16 heavy (non-hydrogen) atoms. The van der Waals surface area contributed by atoms with E-state index in [1.165, 1.54) is 0 Å². The number of hydrogen-bond donors (Lipinski definition) is 1. The fourth-order valence-corrected chi connectivity index (χ4v) is 4.05. The van der Waals surface area contributed by atoms with Crippen molar-refractivity contribution in [2.75, 3.05) is 32.9 Å². The smallest absolute Gasteiger partial charge is 0.220 e. The van der Waals surface area contributed by atoms with Gasteiger partial charge in [-0.05, 0) is 26.9 Å². The summed E-state index contributed by atoms with van der Waals surface area (Å²) < 4.78 is 25.5. The maximum absolute atomic E-state index is 12.0. The van der Waals surface area contributed by atoms with E-state index in [-0.39, 0.29) is 16.8 Å². The van der Waals surface area contributed by atoms with Gasteiger partial charge in [0.2, 0.25) is 10.0 Å². The average Bonchev–Trinajstić information content (AvgIpc) is 2.48. The molecule has 0 aromatic rings. The van der Waals surface area contributed by atoms with Crippen molar-refractivity contribution < 1.29 is 8.42 Å². The van der Waals surface area contributed by atoms with Crippen LogP contribution in [0.2, 0.25) is 0 Å². The quantitative estimate of drug-likeness (QED) is 0.687. The minimum atomic E-state index is -3.31. The molecule has 7 heteroatoms. The van der Waals surface area contributed by atoms with E-state index >= 15 is 0 Å². The molecule has 0 spiro atoms. The van der Waals surface area contributed by atoms with Gasteiger partial charge in [0, 0.05) is 19.1 Å². The molecule has 0 aromatic heterocycles. The zero-order chi connectivity index (χ0) is 12.3. The predicted molar refractivity (Wildman–Crippen MR) is 68.9 cm³/mol. The van der Waals surface area contributed by atoms with Crippen LogP contribution in [0.25, 0.3) is 0 Å². The molecule has 1 aliphatic heterocycles. The molecule has 1 heterocycles. The Bertz CT molecular complexity index is 354. The molecule has 0 bridgehead atoms. The van der Waals surface area contributed by atoms with Crippen LogP contribution < -0.4 is 5.73 Å². The number of rotatable bonds is 5. The lowest BCUT2D eigenvalue weighted by molar-refractivity contribution is 0.292. The Morgan fingerprint density at radius 3 is 2.69 bits per heavy atom. The molecule has 5 nitrogen and oxygen atoms in total. The summed E-state index contributed by atoms with van der Waals surface area (Å²) in [5, 5.41) is 0. The molecule has 1 rings (SSSR count). The summed E-state index contributed by atoms with van der Waals surface area (Å²) in [6, 6.07) is 0.0642. The number of sulfonamides is 1. The zero-order valence-electron chi connectivity index (χ0n) is 9.72. The summed E-state index contributed by atoms with van der Waals surface area (Å²) in [7, 11) is 0.569. The summed E-state index contributed by atoms with van der Waals surface area (Å²) in [6.07, 6.45) is 1.82. The van der Waals surface area contributed by atoms with Crippen molar-refractivity contribution in [1.82, 2.24) is 9.21 Å². The van der Waals surface area contributed by atoms with Crippen LogP contribution in [0.15, 0.2) is 0 Å². The number of nitrogens with zero attached hydrogens (tertiary/aromatic N) is 2. The van der Waals surface area contributed by atoms with Crippen LogP contribution in [-0.2, 0) is 10.0 Å². The van der Waals surface area contributed by atoms with Gasteiger partial charge in [0.15, 0.2) is 0 Å². The van der Waals surface area contributed by atoms with Crippen LogP contribution in [0.1, 0.15) is 12.8 Å². The van der Waals surface area contributed by atoms with E-state index in [4.69, 9.17) is 5.73 Å². The van der Waals surface area contributed by atoms with Gasteiger partial charge >= 0.3 is 0 Å². The van der Waals surface area contributed by atoms with E-state index < -0.39 is 10.0 Å². The number of likely N-dealkylation sites (N-methyl/N-ethyl adjacent to an activating group) is 1. The minimum absolute atomic E-state index is 0.0375. The Kier molecular flexibility index (Phi) is 4.66. The lowest BCUT2D eigenvalue weighted by Gasteiger charge is -2.26. The van der Waals surface area contributed by atoms with Crippen LogP contribution in [-0.4, -0.2) is 61.6 Å². The Hall–Kier alpha value is -0.240. The fraction of sp³-hybridized carbons (Fsp3) is 0.889.